The highest BCUT2D eigenvalue weighted by molar-refractivity contribution is 7.89. The summed E-state index contributed by atoms with van der Waals surface area (Å²) < 4.78 is 26.3. The molecule has 0 aliphatic heterocycles. The van der Waals surface area contributed by atoms with Gasteiger partial charge in [-0.05, 0) is 32.2 Å². The highest BCUT2D eigenvalue weighted by Gasteiger charge is 2.36. The normalized spacial score (nSPS) is 16.7. The van der Waals surface area contributed by atoms with Crippen LogP contribution in [0, 0.1) is 0 Å². The maximum absolute atomic E-state index is 12.3. The number of hydrogen-bond acceptors (Lipinski definition) is 3. The Balaban J connectivity index is 2.38. The number of unbranched alkanes of at least 4 members (excludes halogenated alkanes) is 1. The van der Waals surface area contributed by atoms with E-state index in [2.05, 4.69) is 26.1 Å². The van der Waals surface area contributed by atoms with Gasteiger partial charge in [0.25, 0.3) is 0 Å². The van der Waals surface area contributed by atoms with Gasteiger partial charge in [-0.15, -0.1) is 0 Å². The maximum Gasteiger partial charge on any atom is 0.214 e. The summed E-state index contributed by atoms with van der Waals surface area (Å²) in [6.07, 6.45) is 4.82. The summed E-state index contributed by atoms with van der Waals surface area (Å²) in [6, 6.07) is 0.729. The van der Waals surface area contributed by atoms with E-state index in [1.165, 1.54) is 0 Å². The maximum atomic E-state index is 12.3. The first-order chi connectivity index (χ1) is 8.47. The van der Waals surface area contributed by atoms with E-state index in [1.54, 1.807) is 4.31 Å². The van der Waals surface area contributed by atoms with Crippen molar-refractivity contribution in [3.63, 3.8) is 0 Å². The first-order valence-electron chi connectivity index (χ1n) is 7.20. The zero-order valence-electron chi connectivity index (χ0n) is 12.0. The van der Waals surface area contributed by atoms with Gasteiger partial charge in [0.1, 0.15) is 0 Å². The lowest BCUT2D eigenvalue weighted by atomic mass is 10.3. The second-order valence-corrected chi connectivity index (χ2v) is 7.51. The molecule has 0 unspecified atom stereocenters. The third-order valence-corrected chi connectivity index (χ3v) is 5.18. The molecule has 0 spiro atoms. The largest absolute Gasteiger partial charge is 0.314 e. The van der Waals surface area contributed by atoms with E-state index in [-0.39, 0.29) is 5.75 Å². The molecule has 1 aliphatic rings. The van der Waals surface area contributed by atoms with Gasteiger partial charge in [-0.1, -0.05) is 27.2 Å². The van der Waals surface area contributed by atoms with Gasteiger partial charge in [0.05, 0.1) is 5.75 Å². The summed E-state index contributed by atoms with van der Waals surface area (Å²) >= 11 is 0. The fraction of sp³-hybridized carbons (Fsp3) is 1.00. The third-order valence-electron chi connectivity index (χ3n) is 3.18. The van der Waals surface area contributed by atoms with Crippen molar-refractivity contribution in [2.24, 2.45) is 0 Å². The molecule has 1 rings (SSSR count). The summed E-state index contributed by atoms with van der Waals surface area (Å²) in [7, 11) is -3.04. The van der Waals surface area contributed by atoms with Crippen molar-refractivity contribution in [1.82, 2.24) is 9.62 Å². The van der Waals surface area contributed by atoms with Crippen molar-refractivity contribution >= 4 is 10.0 Å². The lowest BCUT2D eigenvalue weighted by molar-refractivity contribution is 0.394. The van der Waals surface area contributed by atoms with E-state index >= 15 is 0 Å². The average Bonchev–Trinajstić information content (AvgIpc) is 3.09. The smallest absolute Gasteiger partial charge is 0.214 e. The van der Waals surface area contributed by atoms with Crippen LogP contribution in [0.1, 0.15) is 52.9 Å². The van der Waals surface area contributed by atoms with Crippen LogP contribution >= 0.6 is 0 Å². The summed E-state index contributed by atoms with van der Waals surface area (Å²) in [4.78, 5) is 0. The van der Waals surface area contributed by atoms with Crippen LogP contribution in [0.4, 0.5) is 0 Å². The number of nitrogens with one attached hydrogen (secondary N) is 1. The fourth-order valence-electron chi connectivity index (χ4n) is 1.99. The minimum Gasteiger partial charge on any atom is -0.314 e. The number of sulfonamides is 1. The van der Waals surface area contributed by atoms with Gasteiger partial charge in [0.2, 0.25) is 10.0 Å². The standard InChI is InChI=1S/C13H28N2O2S/c1-4-5-10-15(13-7-8-13)18(16,17)11-6-9-14-12(2)3/h12-14H,4-11H2,1-3H3. The Labute approximate surface area is 112 Å². The first-order valence-corrected chi connectivity index (χ1v) is 8.81. The predicted octanol–water partition coefficient (Wildman–Crippen LogP) is 1.97. The molecule has 5 heteroatoms. The van der Waals surface area contributed by atoms with E-state index in [0.717, 1.165) is 32.2 Å². The summed E-state index contributed by atoms with van der Waals surface area (Å²) in [6.45, 7) is 7.74. The molecule has 1 N–H and O–H groups in total. The van der Waals surface area contributed by atoms with E-state index < -0.39 is 10.0 Å². The summed E-state index contributed by atoms with van der Waals surface area (Å²) in [5.41, 5.74) is 0. The molecule has 0 bridgehead atoms. The van der Waals surface area contributed by atoms with Gasteiger partial charge in [-0.25, -0.2) is 8.42 Å². The molecule has 108 valence electrons. The van der Waals surface area contributed by atoms with Crippen LogP contribution in [-0.4, -0.2) is 43.6 Å². The summed E-state index contributed by atoms with van der Waals surface area (Å²) in [5.74, 6) is 0.285. The SMILES string of the molecule is CCCCN(C1CC1)S(=O)(=O)CCCNC(C)C. The quantitative estimate of drug-likeness (QED) is 0.621. The molecule has 0 aromatic heterocycles. The highest BCUT2D eigenvalue weighted by atomic mass is 32.2. The van der Waals surface area contributed by atoms with Crippen LogP contribution in [0.3, 0.4) is 0 Å². The lowest BCUT2D eigenvalue weighted by Gasteiger charge is -2.21. The number of hydrogen-bond donors (Lipinski definition) is 1. The molecule has 0 amide bonds. The van der Waals surface area contributed by atoms with Crippen molar-refractivity contribution in [3.8, 4) is 0 Å². The zero-order valence-corrected chi connectivity index (χ0v) is 12.8. The molecule has 0 atom stereocenters. The molecular formula is C13H28N2O2S. The van der Waals surface area contributed by atoms with E-state index in [1.807, 2.05) is 0 Å². The minimum atomic E-state index is -3.04. The Hall–Kier alpha value is -0.130. The van der Waals surface area contributed by atoms with Gasteiger partial charge in [0, 0.05) is 18.6 Å². The fourth-order valence-corrected chi connectivity index (χ4v) is 3.80. The molecule has 0 aromatic rings. The second-order valence-electron chi connectivity index (χ2n) is 5.47. The highest BCUT2D eigenvalue weighted by Crippen LogP contribution is 2.29. The number of nitrogens with zero attached hydrogens (tertiary/aromatic N) is 1. The monoisotopic (exact) mass is 276 g/mol. The molecule has 18 heavy (non-hydrogen) atoms. The van der Waals surface area contributed by atoms with Crippen molar-refractivity contribution in [2.45, 2.75) is 65.0 Å². The van der Waals surface area contributed by atoms with Gasteiger partial charge in [-0.2, -0.15) is 4.31 Å². The molecule has 1 aliphatic carbocycles. The van der Waals surface area contributed by atoms with E-state index in [9.17, 15) is 8.42 Å². The van der Waals surface area contributed by atoms with Crippen molar-refractivity contribution in [1.29, 1.82) is 0 Å². The molecule has 0 aromatic carbocycles. The topological polar surface area (TPSA) is 49.4 Å². The van der Waals surface area contributed by atoms with E-state index in [4.69, 9.17) is 0 Å². The van der Waals surface area contributed by atoms with Gasteiger partial charge < -0.3 is 5.32 Å². The van der Waals surface area contributed by atoms with Gasteiger partial charge >= 0.3 is 0 Å². The van der Waals surface area contributed by atoms with Gasteiger partial charge in [-0.3, -0.25) is 0 Å². The van der Waals surface area contributed by atoms with Crippen molar-refractivity contribution in [3.05, 3.63) is 0 Å². The first kappa shape index (κ1) is 15.9. The van der Waals surface area contributed by atoms with Crippen LogP contribution in [0.25, 0.3) is 0 Å². The average molecular weight is 276 g/mol. The Morgan fingerprint density at radius 1 is 1.28 bits per heavy atom. The second kappa shape index (κ2) is 7.46. The molecule has 1 saturated carbocycles. The third kappa shape index (κ3) is 5.67. The van der Waals surface area contributed by atoms with Crippen LogP contribution in [0.2, 0.25) is 0 Å². The lowest BCUT2D eigenvalue weighted by Crippen LogP contribution is -2.36. The molecule has 0 heterocycles. The Morgan fingerprint density at radius 3 is 2.44 bits per heavy atom. The molecular weight excluding hydrogens is 248 g/mol. The minimum absolute atomic E-state index is 0.285. The molecule has 0 radical (unpaired) electrons. The predicted molar refractivity (Wildman–Crippen MR) is 76.2 cm³/mol. The Kier molecular flexibility index (Phi) is 6.60. The van der Waals surface area contributed by atoms with Crippen LogP contribution in [0.15, 0.2) is 0 Å². The van der Waals surface area contributed by atoms with Gasteiger partial charge in [0.15, 0.2) is 0 Å². The van der Waals surface area contributed by atoms with Crippen molar-refractivity contribution in [2.75, 3.05) is 18.8 Å². The van der Waals surface area contributed by atoms with E-state index in [0.29, 0.717) is 25.0 Å². The molecule has 0 saturated heterocycles. The number of rotatable bonds is 10. The Morgan fingerprint density at radius 2 is 1.94 bits per heavy atom. The van der Waals surface area contributed by atoms with Crippen LogP contribution in [-0.2, 0) is 10.0 Å². The van der Waals surface area contributed by atoms with Crippen LogP contribution < -0.4 is 5.32 Å². The zero-order chi connectivity index (χ0) is 13.6. The summed E-state index contributed by atoms with van der Waals surface area (Å²) in [5, 5.41) is 3.26. The van der Waals surface area contributed by atoms with Crippen LogP contribution in [0.5, 0.6) is 0 Å². The molecule has 1 fully saturated rings. The van der Waals surface area contributed by atoms with Crippen molar-refractivity contribution < 1.29 is 8.42 Å². The molecule has 4 nitrogen and oxygen atoms in total. The Bertz CT molecular complexity index is 324.